The summed E-state index contributed by atoms with van der Waals surface area (Å²) in [5, 5.41) is 0. The molecule has 9 rings (SSSR count). The molecule has 0 radical (unpaired) electrons. The molecule has 0 spiro atoms. The Kier molecular flexibility index (Phi) is 4.07. The molecule has 7 nitrogen and oxygen atoms in total. The number of aryl methyl sites for hydroxylation is 2. The largest absolute Gasteiger partial charge is 0.313 e. The van der Waals surface area contributed by atoms with Crippen LogP contribution in [0.2, 0.25) is 0 Å². The third kappa shape index (κ3) is 2.75. The molecular formula is C33H23N7. The van der Waals surface area contributed by atoms with Crippen molar-refractivity contribution in [2.45, 2.75) is 0 Å². The van der Waals surface area contributed by atoms with Crippen LogP contribution >= 0.6 is 0 Å². The Balaban J connectivity index is 1.22. The van der Waals surface area contributed by atoms with Crippen LogP contribution in [0, 0.1) is 0 Å². The average molecular weight is 518 g/mol. The first-order chi connectivity index (χ1) is 19.7. The first-order valence-corrected chi connectivity index (χ1v) is 13.3. The van der Waals surface area contributed by atoms with E-state index in [1.54, 1.807) is 0 Å². The van der Waals surface area contributed by atoms with Crippen molar-refractivity contribution in [3.8, 4) is 22.5 Å². The number of aromatic nitrogens is 7. The molecule has 0 atom stereocenters. The molecule has 7 heteroatoms. The fraction of sp³-hybridized carbons (Fsp3) is 0.0606. The van der Waals surface area contributed by atoms with Gasteiger partial charge in [-0.15, -0.1) is 0 Å². The second-order valence-electron chi connectivity index (χ2n) is 10.4. The Labute approximate surface area is 228 Å². The lowest BCUT2D eigenvalue weighted by Gasteiger charge is -2.07. The molecule has 0 aliphatic heterocycles. The second-order valence-corrected chi connectivity index (χ2v) is 10.4. The molecule has 190 valence electrons. The minimum absolute atomic E-state index is 0.935. The Bertz CT molecular complexity index is 2300. The molecule has 4 aromatic carbocycles. The molecule has 0 amide bonds. The average Bonchev–Trinajstić information content (AvgIpc) is 3.72. The van der Waals surface area contributed by atoms with Gasteiger partial charge in [-0.2, -0.15) is 0 Å². The number of rotatable bonds is 2. The van der Waals surface area contributed by atoms with Gasteiger partial charge in [0.2, 0.25) is 11.6 Å². The number of fused-ring (bicyclic) bond motifs is 10. The minimum atomic E-state index is 0.935. The first kappa shape index (κ1) is 21.5. The summed E-state index contributed by atoms with van der Waals surface area (Å²) in [4.78, 5) is 14.9. The summed E-state index contributed by atoms with van der Waals surface area (Å²) in [6.45, 7) is 0. The zero-order chi connectivity index (χ0) is 26.5. The summed E-state index contributed by atoms with van der Waals surface area (Å²) in [7, 11) is 4.14. The maximum atomic E-state index is 5.14. The van der Waals surface area contributed by atoms with E-state index >= 15 is 0 Å². The van der Waals surface area contributed by atoms with Crippen LogP contribution in [-0.4, -0.2) is 32.9 Å². The van der Waals surface area contributed by atoms with Crippen molar-refractivity contribution in [2.24, 2.45) is 14.1 Å². The lowest BCUT2D eigenvalue weighted by atomic mass is 10.1. The van der Waals surface area contributed by atoms with E-state index in [-0.39, 0.29) is 0 Å². The summed E-state index contributed by atoms with van der Waals surface area (Å²) in [6.07, 6.45) is 0. The summed E-state index contributed by atoms with van der Waals surface area (Å²) >= 11 is 0. The van der Waals surface area contributed by atoms with Gasteiger partial charge < -0.3 is 9.13 Å². The molecule has 5 aromatic heterocycles. The van der Waals surface area contributed by atoms with Gasteiger partial charge in [-0.25, -0.2) is 15.0 Å². The normalized spacial score (nSPS) is 12.2. The quantitative estimate of drug-likeness (QED) is 0.248. The molecular weight excluding hydrogens is 494 g/mol. The van der Waals surface area contributed by atoms with E-state index in [0.717, 1.165) is 78.2 Å². The molecule has 5 heterocycles. The van der Waals surface area contributed by atoms with Crippen molar-refractivity contribution in [1.82, 2.24) is 32.9 Å². The maximum Gasteiger partial charge on any atom is 0.215 e. The van der Waals surface area contributed by atoms with Gasteiger partial charge in [0.05, 0.1) is 55.5 Å². The summed E-state index contributed by atoms with van der Waals surface area (Å²) in [6, 6.07) is 35.9. The fourth-order valence-electron chi connectivity index (χ4n) is 6.21. The third-order valence-electron chi connectivity index (χ3n) is 8.18. The number of hydrogen-bond donors (Lipinski definition) is 0. The highest BCUT2D eigenvalue weighted by Gasteiger charge is 2.17. The van der Waals surface area contributed by atoms with Crippen molar-refractivity contribution in [3.63, 3.8) is 0 Å². The van der Waals surface area contributed by atoms with E-state index in [1.807, 2.05) is 12.1 Å². The van der Waals surface area contributed by atoms with Crippen LogP contribution in [-0.2, 0) is 14.1 Å². The Morgan fingerprint density at radius 1 is 0.425 bits per heavy atom. The van der Waals surface area contributed by atoms with Crippen LogP contribution in [0.3, 0.4) is 0 Å². The van der Waals surface area contributed by atoms with Crippen molar-refractivity contribution < 1.29 is 0 Å². The van der Waals surface area contributed by atoms with Crippen molar-refractivity contribution in [3.05, 3.63) is 103 Å². The van der Waals surface area contributed by atoms with Crippen molar-refractivity contribution in [2.75, 3.05) is 0 Å². The van der Waals surface area contributed by atoms with Crippen LogP contribution < -0.4 is 0 Å². The molecule has 9 aromatic rings. The van der Waals surface area contributed by atoms with Gasteiger partial charge in [-0.05, 0) is 60.7 Å². The van der Waals surface area contributed by atoms with Gasteiger partial charge in [-0.1, -0.05) is 42.5 Å². The van der Waals surface area contributed by atoms with Gasteiger partial charge in [0.25, 0.3) is 0 Å². The second kappa shape index (κ2) is 7.57. The summed E-state index contributed by atoms with van der Waals surface area (Å²) in [5.74, 6) is 1.87. The number of imidazole rings is 4. The maximum absolute atomic E-state index is 5.14. The topological polar surface area (TPSA) is 57.3 Å². The molecule has 0 aliphatic rings. The smallest absolute Gasteiger partial charge is 0.215 e. The lowest BCUT2D eigenvalue weighted by molar-refractivity contribution is 0.973. The van der Waals surface area contributed by atoms with E-state index in [9.17, 15) is 0 Å². The Morgan fingerprint density at radius 3 is 1.40 bits per heavy atom. The molecule has 0 saturated heterocycles. The highest BCUT2D eigenvalue weighted by atomic mass is 15.2. The van der Waals surface area contributed by atoms with Gasteiger partial charge >= 0.3 is 0 Å². The van der Waals surface area contributed by atoms with Gasteiger partial charge in [-0.3, -0.25) is 8.80 Å². The third-order valence-corrected chi connectivity index (χ3v) is 8.18. The summed E-state index contributed by atoms with van der Waals surface area (Å²) in [5.41, 5.74) is 12.7. The first-order valence-electron chi connectivity index (χ1n) is 13.3. The Morgan fingerprint density at radius 2 is 0.900 bits per heavy atom. The fourth-order valence-corrected chi connectivity index (χ4v) is 6.21. The molecule has 40 heavy (non-hydrogen) atoms. The SMILES string of the molecule is Cn1c2ccc(-c3cccc(-c4ccc5c(c4)n4c6ccccc6nc4n5C)n3)cc2n2c3ccccc3nc12. The van der Waals surface area contributed by atoms with E-state index in [1.165, 1.54) is 0 Å². The predicted molar refractivity (Wildman–Crippen MR) is 161 cm³/mol. The monoisotopic (exact) mass is 517 g/mol. The van der Waals surface area contributed by atoms with Crippen LogP contribution in [0.5, 0.6) is 0 Å². The molecule has 0 N–H and O–H groups in total. The number of hydrogen-bond acceptors (Lipinski definition) is 3. The standard InChI is InChI=1S/C33H23N7/c1-37-28-16-14-20(18-30(28)39-26-12-5-3-8-24(26)35-32(37)39)22-10-7-11-23(34-22)21-15-17-29-31(19-21)40-27-13-6-4-9-25(27)36-33(40)38(29)2/h3-19H,1-2H3. The van der Waals surface area contributed by atoms with E-state index < -0.39 is 0 Å². The molecule has 0 unspecified atom stereocenters. The van der Waals surface area contributed by atoms with Gasteiger partial charge in [0, 0.05) is 25.2 Å². The zero-order valence-corrected chi connectivity index (χ0v) is 21.9. The Hall–Kier alpha value is -5.43. The van der Waals surface area contributed by atoms with Crippen LogP contribution in [0.25, 0.3) is 78.2 Å². The lowest BCUT2D eigenvalue weighted by Crippen LogP contribution is -1.90. The molecule has 0 saturated carbocycles. The molecule has 0 bridgehead atoms. The number of nitrogens with zero attached hydrogens (tertiary/aromatic N) is 7. The van der Waals surface area contributed by atoms with Crippen LogP contribution in [0.4, 0.5) is 0 Å². The number of para-hydroxylation sites is 4. The van der Waals surface area contributed by atoms with Crippen LogP contribution in [0.1, 0.15) is 0 Å². The predicted octanol–water partition coefficient (Wildman–Crippen LogP) is 7.00. The number of pyridine rings is 1. The van der Waals surface area contributed by atoms with Crippen LogP contribution in [0.15, 0.2) is 103 Å². The highest BCUT2D eigenvalue weighted by molar-refractivity contribution is 5.94. The van der Waals surface area contributed by atoms with Crippen molar-refractivity contribution in [1.29, 1.82) is 0 Å². The molecule has 0 fully saturated rings. The molecule has 0 aliphatic carbocycles. The summed E-state index contributed by atoms with van der Waals surface area (Å²) < 4.78 is 8.78. The van der Waals surface area contributed by atoms with E-state index in [4.69, 9.17) is 15.0 Å². The van der Waals surface area contributed by atoms with Crippen molar-refractivity contribution >= 4 is 55.7 Å². The van der Waals surface area contributed by atoms with Gasteiger partial charge in [0.1, 0.15) is 0 Å². The van der Waals surface area contributed by atoms with E-state index in [0.29, 0.717) is 0 Å². The minimum Gasteiger partial charge on any atom is -0.313 e. The number of benzene rings is 4. The van der Waals surface area contributed by atoms with Gasteiger partial charge in [0.15, 0.2) is 0 Å². The zero-order valence-electron chi connectivity index (χ0n) is 21.9. The highest BCUT2D eigenvalue weighted by Crippen LogP contribution is 2.32. The van der Waals surface area contributed by atoms with E-state index in [2.05, 4.69) is 123 Å².